The van der Waals surface area contributed by atoms with Crippen LogP contribution in [0.25, 0.3) is 0 Å². The van der Waals surface area contributed by atoms with E-state index in [4.69, 9.17) is 0 Å². The van der Waals surface area contributed by atoms with Crippen molar-refractivity contribution in [1.29, 1.82) is 0 Å². The van der Waals surface area contributed by atoms with E-state index in [-0.39, 0.29) is 9.74 Å². The zero-order chi connectivity index (χ0) is 10.7. The Morgan fingerprint density at radius 3 is 2.07 bits per heavy atom. The second-order valence-electron chi connectivity index (χ2n) is 3.76. The van der Waals surface area contributed by atoms with Crippen LogP contribution in [0.5, 0.6) is 0 Å². The maximum atomic E-state index is 3.53. The van der Waals surface area contributed by atoms with E-state index in [9.17, 15) is 0 Å². The Kier molecular flexibility index (Phi) is 4.94. The third-order valence-corrected chi connectivity index (χ3v) is 6.13. The number of hydrogen-bond donors (Lipinski definition) is 3. The van der Waals surface area contributed by atoms with Crippen LogP contribution >= 0.6 is 36.0 Å². The highest BCUT2D eigenvalue weighted by Gasteiger charge is 2.31. The summed E-state index contributed by atoms with van der Waals surface area (Å²) < 4.78 is 10.2. The molecule has 0 amide bonds. The van der Waals surface area contributed by atoms with Gasteiger partial charge in [-0.05, 0) is 38.6 Å². The molecule has 0 aromatic rings. The molecule has 0 radical (unpaired) electrons. The molecule has 0 aromatic carbocycles. The largest absolute Gasteiger partial charge is 0.246 e. The lowest BCUT2D eigenvalue weighted by molar-refractivity contribution is 0.565. The summed E-state index contributed by atoms with van der Waals surface area (Å²) in [7, 11) is 0. The minimum atomic E-state index is 0.0923. The van der Waals surface area contributed by atoms with E-state index in [0.29, 0.717) is 0 Å². The summed E-state index contributed by atoms with van der Waals surface area (Å²) in [6.45, 7) is 8.83. The molecule has 0 aliphatic carbocycles. The first kappa shape index (κ1) is 13.0. The topological polar surface area (TPSA) is 36.1 Å². The Morgan fingerprint density at radius 1 is 0.929 bits per heavy atom. The molecule has 84 valence electrons. The van der Waals surface area contributed by atoms with Crippen LogP contribution in [0, 0.1) is 0 Å². The Bertz CT molecular complexity index is 173. The zero-order valence-corrected chi connectivity index (χ0v) is 11.6. The summed E-state index contributed by atoms with van der Waals surface area (Å²) in [6.07, 6.45) is 2.18. The lowest BCUT2D eigenvalue weighted by atomic mass is 10.3. The van der Waals surface area contributed by atoms with Crippen LogP contribution in [0.4, 0.5) is 0 Å². The molecule has 2 atom stereocenters. The minimum Gasteiger partial charge on any atom is -0.246 e. The molecule has 0 spiro atoms. The van der Waals surface area contributed by atoms with E-state index < -0.39 is 0 Å². The van der Waals surface area contributed by atoms with Gasteiger partial charge in [0.15, 0.2) is 0 Å². The van der Waals surface area contributed by atoms with Gasteiger partial charge in [0.25, 0.3) is 0 Å². The third-order valence-electron chi connectivity index (χ3n) is 2.42. The summed E-state index contributed by atoms with van der Waals surface area (Å²) >= 11 is 5.10. The highest BCUT2D eigenvalue weighted by atomic mass is 32.2. The van der Waals surface area contributed by atoms with Gasteiger partial charge in [-0.1, -0.05) is 25.8 Å². The van der Waals surface area contributed by atoms with E-state index >= 15 is 0 Å². The predicted molar refractivity (Wildman–Crippen MR) is 69.6 cm³/mol. The Balaban J connectivity index is 2.59. The van der Waals surface area contributed by atoms with Crippen LogP contribution in [-0.2, 0) is 0 Å². The van der Waals surface area contributed by atoms with Crippen molar-refractivity contribution < 1.29 is 0 Å². The predicted octanol–water partition coefficient (Wildman–Crippen LogP) is 2.88. The van der Waals surface area contributed by atoms with Crippen molar-refractivity contribution in [1.82, 2.24) is 13.6 Å². The summed E-state index contributed by atoms with van der Waals surface area (Å²) in [4.78, 5) is 0.200. The van der Waals surface area contributed by atoms with Crippen molar-refractivity contribution in [2.24, 2.45) is 0 Å². The number of hydrogen-bond acceptors (Lipinski definition) is 6. The summed E-state index contributed by atoms with van der Waals surface area (Å²) in [5.74, 6) is 0. The molecule has 14 heavy (non-hydrogen) atoms. The molecule has 3 nitrogen and oxygen atoms in total. The van der Waals surface area contributed by atoms with Crippen LogP contribution in [0.3, 0.4) is 0 Å². The van der Waals surface area contributed by atoms with Gasteiger partial charge in [0, 0.05) is 12.1 Å². The minimum absolute atomic E-state index is 0.0923. The lowest BCUT2D eigenvalue weighted by Gasteiger charge is -2.37. The number of rotatable bonds is 2. The fourth-order valence-corrected chi connectivity index (χ4v) is 3.68. The van der Waals surface area contributed by atoms with Crippen LogP contribution in [0.15, 0.2) is 0 Å². The molecule has 1 heterocycles. The third kappa shape index (κ3) is 3.50. The van der Waals surface area contributed by atoms with E-state index in [0.717, 1.165) is 12.8 Å². The maximum absolute atomic E-state index is 3.53. The quantitative estimate of drug-likeness (QED) is 0.657. The van der Waals surface area contributed by atoms with Gasteiger partial charge in [0.05, 0.1) is 9.74 Å². The van der Waals surface area contributed by atoms with Gasteiger partial charge in [0.2, 0.25) is 0 Å². The normalized spacial score (nSPS) is 40.3. The van der Waals surface area contributed by atoms with Crippen molar-refractivity contribution in [3.63, 3.8) is 0 Å². The lowest BCUT2D eigenvalue weighted by Crippen LogP contribution is -2.46. The maximum Gasteiger partial charge on any atom is 0.0862 e. The molecule has 1 aliphatic heterocycles. The van der Waals surface area contributed by atoms with Crippen molar-refractivity contribution in [3.05, 3.63) is 0 Å². The SMILES string of the molecule is CCC1(C)NSNSC(C)(CC)NS1. The van der Waals surface area contributed by atoms with Gasteiger partial charge in [-0.25, -0.2) is 9.44 Å². The van der Waals surface area contributed by atoms with Crippen molar-refractivity contribution in [2.45, 2.75) is 50.3 Å². The van der Waals surface area contributed by atoms with E-state index in [1.54, 1.807) is 36.0 Å². The first-order valence-corrected chi connectivity index (χ1v) is 7.30. The molecule has 1 fully saturated rings. The van der Waals surface area contributed by atoms with Gasteiger partial charge < -0.3 is 0 Å². The molecule has 2 unspecified atom stereocenters. The average molecular weight is 253 g/mol. The van der Waals surface area contributed by atoms with Crippen molar-refractivity contribution in [2.75, 3.05) is 0 Å². The summed E-state index contributed by atoms with van der Waals surface area (Å²) in [5.41, 5.74) is 0. The van der Waals surface area contributed by atoms with Gasteiger partial charge in [0.1, 0.15) is 0 Å². The van der Waals surface area contributed by atoms with Gasteiger partial charge in [-0.15, -0.1) is 0 Å². The van der Waals surface area contributed by atoms with Crippen molar-refractivity contribution >= 4 is 36.0 Å². The number of nitrogens with one attached hydrogen (secondary N) is 3. The molecule has 0 aromatic heterocycles. The van der Waals surface area contributed by atoms with Crippen LogP contribution in [0.2, 0.25) is 0 Å². The first-order valence-electron chi connectivity index (χ1n) is 4.85. The van der Waals surface area contributed by atoms with Gasteiger partial charge in [-0.2, -0.15) is 4.13 Å². The molecule has 0 saturated carbocycles. The van der Waals surface area contributed by atoms with E-state index in [1.807, 2.05) is 0 Å². The Morgan fingerprint density at radius 2 is 1.50 bits per heavy atom. The molecule has 1 rings (SSSR count). The first-order chi connectivity index (χ1) is 6.54. The van der Waals surface area contributed by atoms with Crippen LogP contribution in [-0.4, -0.2) is 9.74 Å². The van der Waals surface area contributed by atoms with Gasteiger partial charge >= 0.3 is 0 Å². The Hall–Kier alpha value is 0.930. The van der Waals surface area contributed by atoms with Crippen LogP contribution in [0.1, 0.15) is 40.5 Å². The molecule has 6 heteroatoms. The molecule has 1 saturated heterocycles. The fourth-order valence-electron chi connectivity index (χ4n) is 0.792. The summed E-state index contributed by atoms with van der Waals surface area (Å²) in [5, 5.41) is 0. The highest BCUT2D eigenvalue weighted by Crippen LogP contribution is 2.35. The molecule has 3 N–H and O–H groups in total. The molecule has 0 bridgehead atoms. The molecular formula is C8H19N3S3. The summed E-state index contributed by atoms with van der Waals surface area (Å²) in [6, 6.07) is 0. The highest BCUT2D eigenvalue weighted by molar-refractivity contribution is 8.13. The van der Waals surface area contributed by atoms with E-state index in [1.165, 1.54) is 0 Å². The standard InChI is InChI=1S/C8H19N3S3/c1-5-7(3)9-12-8(4,6-2)10-14-11-13-7/h9-11H,5-6H2,1-4H3. The Labute approximate surface area is 99.8 Å². The average Bonchev–Trinajstić information content (AvgIpc) is 2.20. The second-order valence-corrected chi connectivity index (χ2v) is 7.25. The van der Waals surface area contributed by atoms with E-state index in [2.05, 4.69) is 41.3 Å². The molecule has 1 aliphatic rings. The smallest absolute Gasteiger partial charge is 0.0862 e. The second kappa shape index (κ2) is 5.32. The zero-order valence-electron chi connectivity index (χ0n) is 9.14. The molecular weight excluding hydrogens is 234 g/mol. The fraction of sp³-hybridized carbons (Fsp3) is 1.00. The van der Waals surface area contributed by atoms with Crippen LogP contribution < -0.4 is 13.6 Å². The van der Waals surface area contributed by atoms with Gasteiger partial charge in [-0.3, -0.25) is 0 Å². The monoisotopic (exact) mass is 253 g/mol. The van der Waals surface area contributed by atoms with Crippen molar-refractivity contribution in [3.8, 4) is 0 Å².